The Morgan fingerprint density at radius 2 is 1.32 bits per heavy atom. The lowest BCUT2D eigenvalue weighted by molar-refractivity contribution is 1.13. The maximum Gasteiger partial charge on any atom is 0.250 e. The summed E-state index contributed by atoms with van der Waals surface area (Å²) < 4.78 is 0. The van der Waals surface area contributed by atoms with Gasteiger partial charge in [0.1, 0.15) is 0 Å². The Labute approximate surface area is 136 Å². The number of hydrogen-bond donors (Lipinski definition) is 1. The van der Waals surface area contributed by atoms with E-state index in [1.807, 2.05) is 12.1 Å². The summed E-state index contributed by atoms with van der Waals surface area (Å²) in [4.78, 5) is 23.6. The van der Waals surface area contributed by atoms with Crippen molar-refractivity contribution in [2.45, 2.75) is 6.54 Å². The first-order valence-electron chi connectivity index (χ1n) is 6.64. The molecule has 0 aliphatic rings. The first-order chi connectivity index (χ1) is 10.6. The molecule has 0 saturated carbocycles. The smallest absolute Gasteiger partial charge is 0.250 e. The van der Waals surface area contributed by atoms with E-state index in [-0.39, 0.29) is 0 Å². The molecule has 0 aliphatic heterocycles. The van der Waals surface area contributed by atoms with Gasteiger partial charge in [0.05, 0.1) is 11.3 Å². The van der Waals surface area contributed by atoms with Gasteiger partial charge in [0.2, 0.25) is 10.9 Å². The minimum atomic E-state index is -0.487. The molecular weight excluding hydrogens is 321 g/mol. The zero-order chi connectivity index (χ0) is 15.7. The summed E-state index contributed by atoms with van der Waals surface area (Å²) in [6.07, 6.45) is 0. The lowest BCUT2D eigenvalue weighted by Gasteiger charge is -2.13. The van der Waals surface area contributed by atoms with Crippen molar-refractivity contribution in [2.24, 2.45) is 0 Å². The van der Waals surface area contributed by atoms with Crippen molar-refractivity contribution in [3.8, 4) is 11.1 Å². The van der Waals surface area contributed by atoms with Crippen LogP contribution in [0.15, 0.2) is 58.1 Å². The molecular formula is C17H11Cl2NO2. The van der Waals surface area contributed by atoms with Crippen molar-refractivity contribution < 1.29 is 0 Å². The van der Waals surface area contributed by atoms with Crippen LogP contribution < -0.4 is 16.2 Å². The quantitative estimate of drug-likeness (QED) is 0.738. The largest absolute Gasteiger partial charge is 0.377 e. The van der Waals surface area contributed by atoms with Crippen LogP contribution in [0.25, 0.3) is 11.1 Å². The van der Waals surface area contributed by atoms with Gasteiger partial charge >= 0.3 is 0 Å². The number of nitrogens with one attached hydrogen (secondary N) is 1. The summed E-state index contributed by atoms with van der Waals surface area (Å²) >= 11 is 11.7. The van der Waals surface area contributed by atoms with Crippen LogP contribution in [0.2, 0.25) is 10.0 Å². The third kappa shape index (κ3) is 2.78. The summed E-state index contributed by atoms with van der Waals surface area (Å²) in [6.45, 7) is 0.447. The normalized spacial score (nSPS) is 10.8. The van der Waals surface area contributed by atoms with Crippen molar-refractivity contribution in [3.63, 3.8) is 0 Å². The number of benzene rings is 2. The first-order valence-corrected chi connectivity index (χ1v) is 7.39. The molecule has 1 N–H and O–H groups in total. The van der Waals surface area contributed by atoms with Crippen LogP contribution in [0.1, 0.15) is 5.56 Å². The molecule has 3 rings (SSSR count). The average molecular weight is 332 g/mol. The van der Waals surface area contributed by atoms with Crippen molar-refractivity contribution >= 4 is 28.9 Å². The molecule has 5 heteroatoms. The second-order valence-electron chi connectivity index (χ2n) is 4.90. The fourth-order valence-electron chi connectivity index (χ4n) is 2.24. The lowest BCUT2D eigenvalue weighted by atomic mass is 9.98. The Bertz CT molecular complexity index is 877. The van der Waals surface area contributed by atoms with E-state index in [1.165, 1.54) is 0 Å². The third-order valence-corrected chi connectivity index (χ3v) is 3.93. The van der Waals surface area contributed by atoms with Crippen LogP contribution in [-0.4, -0.2) is 0 Å². The van der Waals surface area contributed by atoms with Gasteiger partial charge in [0, 0.05) is 16.6 Å². The predicted octanol–water partition coefficient (Wildman–Crippen LogP) is 3.87. The monoisotopic (exact) mass is 331 g/mol. The van der Waals surface area contributed by atoms with Crippen LogP contribution >= 0.6 is 23.2 Å². The summed E-state index contributed by atoms with van der Waals surface area (Å²) in [5, 5.41) is 4.27. The fraction of sp³-hybridized carbons (Fsp3) is 0.0588. The van der Waals surface area contributed by atoms with Gasteiger partial charge in [-0.3, -0.25) is 9.59 Å². The molecule has 3 aromatic rings. The molecule has 0 fully saturated rings. The molecule has 0 aliphatic carbocycles. The number of rotatable bonds is 4. The van der Waals surface area contributed by atoms with Crippen LogP contribution in [0.4, 0.5) is 5.69 Å². The Morgan fingerprint density at radius 1 is 0.773 bits per heavy atom. The molecule has 0 amide bonds. The molecule has 0 radical (unpaired) electrons. The van der Waals surface area contributed by atoms with E-state index in [1.54, 1.807) is 36.4 Å². The number of halogens is 2. The highest BCUT2D eigenvalue weighted by Gasteiger charge is 2.21. The van der Waals surface area contributed by atoms with E-state index in [0.717, 1.165) is 5.56 Å². The maximum atomic E-state index is 11.8. The van der Waals surface area contributed by atoms with E-state index in [4.69, 9.17) is 23.2 Å². The minimum absolute atomic E-state index is 0.349. The van der Waals surface area contributed by atoms with Crippen molar-refractivity contribution in [1.82, 2.24) is 0 Å². The van der Waals surface area contributed by atoms with Gasteiger partial charge in [-0.15, -0.1) is 0 Å². The molecule has 0 heterocycles. The molecule has 0 atom stereocenters. The Hall–Kier alpha value is -2.10. The van der Waals surface area contributed by atoms with Crippen LogP contribution in [-0.2, 0) is 6.54 Å². The second-order valence-corrected chi connectivity index (χ2v) is 5.77. The summed E-state index contributed by atoms with van der Waals surface area (Å²) in [5.41, 5.74) is 1.46. The van der Waals surface area contributed by atoms with Gasteiger partial charge in [-0.05, 0) is 35.4 Å². The predicted molar refractivity (Wildman–Crippen MR) is 90.6 cm³/mol. The topological polar surface area (TPSA) is 46.2 Å². The molecule has 0 unspecified atom stereocenters. The van der Waals surface area contributed by atoms with Gasteiger partial charge in [0.15, 0.2) is 0 Å². The highest BCUT2D eigenvalue weighted by Crippen LogP contribution is 2.25. The Balaban J connectivity index is 1.84. The van der Waals surface area contributed by atoms with E-state index < -0.39 is 10.9 Å². The van der Waals surface area contributed by atoms with Gasteiger partial charge in [-0.1, -0.05) is 47.5 Å². The molecule has 0 aromatic heterocycles. The molecule has 0 bridgehead atoms. The summed E-state index contributed by atoms with van der Waals surface area (Å²) in [6, 6.07) is 14.1. The van der Waals surface area contributed by atoms with Gasteiger partial charge in [0.25, 0.3) is 0 Å². The van der Waals surface area contributed by atoms with Gasteiger partial charge in [-0.2, -0.15) is 0 Å². The van der Waals surface area contributed by atoms with Crippen molar-refractivity contribution in [1.29, 1.82) is 0 Å². The maximum absolute atomic E-state index is 11.8. The highest BCUT2D eigenvalue weighted by atomic mass is 35.5. The van der Waals surface area contributed by atoms with Crippen LogP contribution in [0, 0.1) is 0 Å². The van der Waals surface area contributed by atoms with E-state index >= 15 is 0 Å². The van der Waals surface area contributed by atoms with E-state index in [9.17, 15) is 9.59 Å². The van der Waals surface area contributed by atoms with E-state index in [2.05, 4.69) is 5.32 Å². The molecule has 3 nitrogen and oxygen atoms in total. The standard InChI is InChI=1S/C17H11Cl2NO2/c18-12-5-1-10(2-6-12)9-20-15-14(16(21)17(15)22)11-3-7-13(19)8-4-11/h1-8,20H,9H2. The summed E-state index contributed by atoms with van der Waals surface area (Å²) in [7, 11) is 0. The molecule has 0 spiro atoms. The number of anilines is 1. The molecule has 110 valence electrons. The first kappa shape index (κ1) is 14.8. The average Bonchev–Trinajstić information content (AvgIpc) is 2.53. The Kier molecular flexibility index (Phi) is 4.01. The van der Waals surface area contributed by atoms with Crippen LogP contribution in [0.5, 0.6) is 0 Å². The SMILES string of the molecule is O=c1c(NCc2ccc(Cl)cc2)c(-c2ccc(Cl)cc2)c1=O. The molecule has 22 heavy (non-hydrogen) atoms. The van der Waals surface area contributed by atoms with Crippen molar-refractivity contribution in [3.05, 3.63) is 84.6 Å². The zero-order valence-electron chi connectivity index (χ0n) is 11.4. The van der Waals surface area contributed by atoms with Gasteiger partial charge < -0.3 is 5.32 Å². The fourth-order valence-corrected chi connectivity index (χ4v) is 2.50. The highest BCUT2D eigenvalue weighted by molar-refractivity contribution is 6.30. The zero-order valence-corrected chi connectivity index (χ0v) is 12.9. The lowest BCUT2D eigenvalue weighted by Crippen LogP contribution is -2.36. The Morgan fingerprint density at radius 3 is 1.91 bits per heavy atom. The summed E-state index contributed by atoms with van der Waals surface area (Å²) in [5.74, 6) is 0. The van der Waals surface area contributed by atoms with Gasteiger partial charge in [-0.25, -0.2) is 0 Å². The third-order valence-electron chi connectivity index (χ3n) is 3.43. The molecule has 3 aromatic carbocycles. The minimum Gasteiger partial charge on any atom is -0.377 e. The van der Waals surface area contributed by atoms with Crippen LogP contribution in [0.3, 0.4) is 0 Å². The second kappa shape index (κ2) is 5.95. The number of hydrogen-bond acceptors (Lipinski definition) is 3. The van der Waals surface area contributed by atoms with Crippen molar-refractivity contribution in [2.75, 3.05) is 5.32 Å². The van der Waals surface area contributed by atoms with E-state index in [0.29, 0.717) is 33.4 Å². The molecule has 0 saturated heterocycles.